The van der Waals surface area contributed by atoms with E-state index in [1.807, 2.05) is 24.3 Å². The molecule has 1 amide bonds. The summed E-state index contributed by atoms with van der Waals surface area (Å²) in [5, 5.41) is 10.6. The quantitative estimate of drug-likeness (QED) is 0.343. The Morgan fingerprint density at radius 2 is 1.93 bits per heavy atom. The van der Waals surface area contributed by atoms with Crippen molar-refractivity contribution in [1.29, 1.82) is 0 Å². The summed E-state index contributed by atoms with van der Waals surface area (Å²) in [5.41, 5.74) is 5.57. The number of rotatable bonds is 8. The van der Waals surface area contributed by atoms with Crippen LogP contribution in [-0.4, -0.2) is 43.5 Å². The largest absolute Gasteiger partial charge is 0.361 e. The summed E-state index contributed by atoms with van der Waals surface area (Å²) in [6.07, 6.45) is 3.79. The third-order valence-corrected chi connectivity index (χ3v) is 5.13. The standard InChI is InChI=1S/C24H31N5O/c1-4-26-24(27-13-11-18-8-6-9-19(15-18)23(30)25-3)28-14-12-20-16-29-22-17(2)7-5-10-21(20)22/h5-10,15-16,29H,4,11-14H2,1-3H3,(H,25,30)(H2,26,27,28). The number of amides is 1. The SMILES string of the molecule is CCNC(=NCCc1c[nH]c2c(C)cccc12)NCCc1cccc(C(=O)NC)c1. The lowest BCUT2D eigenvalue weighted by Crippen LogP contribution is -2.38. The topological polar surface area (TPSA) is 81.3 Å². The number of nitrogens with zero attached hydrogens (tertiary/aromatic N) is 1. The number of H-pyrrole nitrogens is 1. The van der Waals surface area contributed by atoms with E-state index in [9.17, 15) is 4.79 Å². The number of hydrogen-bond donors (Lipinski definition) is 4. The number of benzene rings is 2. The fourth-order valence-corrected chi connectivity index (χ4v) is 3.54. The molecule has 0 atom stereocenters. The Morgan fingerprint density at radius 1 is 1.10 bits per heavy atom. The zero-order valence-electron chi connectivity index (χ0n) is 18.0. The monoisotopic (exact) mass is 405 g/mol. The van der Waals surface area contributed by atoms with Crippen LogP contribution in [0.5, 0.6) is 0 Å². The number of carbonyl (C=O) groups is 1. The van der Waals surface area contributed by atoms with Gasteiger partial charge in [-0.2, -0.15) is 0 Å². The maximum absolute atomic E-state index is 11.8. The number of carbonyl (C=O) groups excluding carboxylic acids is 1. The van der Waals surface area contributed by atoms with Crippen LogP contribution in [0, 0.1) is 6.92 Å². The van der Waals surface area contributed by atoms with Gasteiger partial charge in [-0.3, -0.25) is 9.79 Å². The number of fused-ring (bicyclic) bond motifs is 1. The fourth-order valence-electron chi connectivity index (χ4n) is 3.54. The van der Waals surface area contributed by atoms with Gasteiger partial charge in [0.25, 0.3) is 5.91 Å². The van der Waals surface area contributed by atoms with Gasteiger partial charge in [0, 0.05) is 49.3 Å². The first-order valence-electron chi connectivity index (χ1n) is 10.5. The van der Waals surface area contributed by atoms with Crippen LogP contribution in [0.4, 0.5) is 0 Å². The van der Waals surface area contributed by atoms with Crippen LogP contribution < -0.4 is 16.0 Å². The van der Waals surface area contributed by atoms with Crippen molar-refractivity contribution in [3.8, 4) is 0 Å². The minimum absolute atomic E-state index is 0.0628. The summed E-state index contributed by atoms with van der Waals surface area (Å²) in [4.78, 5) is 19.9. The molecule has 158 valence electrons. The second kappa shape index (κ2) is 10.5. The number of guanidine groups is 1. The van der Waals surface area contributed by atoms with E-state index in [0.717, 1.165) is 37.5 Å². The van der Waals surface area contributed by atoms with Gasteiger partial charge in [-0.25, -0.2) is 0 Å². The van der Waals surface area contributed by atoms with Crippen molar-refractivity contribution in [2.45, 2.75) is 26.7 Å². The second-order valence-electron chi connectivity index (χ2n) is 7.28. The molecule has 0 aliphatic heterocycles. The molecule has 0 bridgehead atoms. The molecule has 0 radical (unpaired) electrons. The van der Waals surface area contributed by atoms with Crippen LogP contribution >= 0.6 is 0 Å². The second-order valence-corrected chi connectivity index (χ2v) is 7.28. The summed E-state index contributed by atoms with van der Waals surface area (Å²) >= 11 is 0. The van der Waals surface area contributed by atoms with Gasteiger partial charge in [-0.15, -0.1) is 0 Å². The number of aryl methyl sites for hydroxylation is 1. The van der Waals surface area contributed by atoms with E-state index in [0.29, 0.717) is 12.1 Å². The molecule has 0 spiro atoms. The molecular formula is C24H31N5O. The Kier molecular flexibility index (Phi) is 7.49. The molecule has 30 heavy (non-hydrogen) atoms. The summed E-state index contributed by atoms with van der Waals surface area (Å²) in [6, 6.07) is 14.1. The highest BCUT2D eigenvalue weighted by atomic mass is 16.1. The van der Waals surface area contributed by atoms with E-state index in [1.54, 1.807) is 7.05 Å². The summed E-state index contributed by atoms with van der Waals surface area (Å²) in [5.74, 6) is 0.753. The predicted molar refractivity (Wildman–Crippen MR) is 124 cm³/mol. The van der Waals surface area contributed by atoms with Gasteiger partial charge in [0.2, 0.25) is 0 Å². The number of nitrogens with one attached hydrogen (secondary N) is 4. The zero-order chi connectivity index (χ0) is 21.3. The van der Waals surface area contributed by atoms with E-state index >= 15 is 0 Å². The highest BCUT2D eigenvalue weighted by Gasteiger charge is 2.06. The highest BCUT2D eigenvalue weighted by Crippen LogP contribution is 2.21. The molecular weight excluding hydrogens is 374 g/mol. The van der Waals surface area contributed by atoms with Crippen molar-refractivity contribution in [2.75, 3.05) is 26.7 Å². The number of hydrogen-bond acceptors (Lipinski definition) is 2. The smallest absolute Gasteiger partial charge is 0.251 e. The molecule has 0 fully saturated rings. The van der Waals surface area contributed by atoms with Gasteiger partial charge >= 0.3 is 0 Å². The molecule has 4 N–H and O–H groups in total. The first-order chi connectivity index (χ1) is 14.6. The summed E-state index contributed by atoms with van der Waals surface area (Å²) < 4.78 is 0. The molecule has 0 aliphatic rings. The number of aromatic amines is 1. The van der Waals surface area contributed by atoms with Crippen LogP contribution in [0.1, 0.15) is 34.0 Å². The maximum atomic E-state index is 11.8. The Labute approximate surface area is 178 Å². The molecule has 3 rings (SSSR count). The third kappa shape index (κ3) is 5.41. The lowest BCUT2D eigenvalue weighted by molar-refractivity contribution is 0.0963. The van der Waals surface area contributed by atoms with Crippen molar-refractivity contribution in [1.82, 2.24) is 20.9 Å². The Morgan fingerprint density at radius 3 is 2.73 bits per heavy atom. The van der Waals surface area contributed by atoms with Crippen molar-refractivity contribution in [3.63, 3.8) is 0 Å². The van der Waals surface area contributed by atoms with Gasteiger partial charge in [-0.1, -0.05) is 30.3 Å². The van der Waals surface area contributed by atoms with Crippen LogP contribution in [-0.2, 0) is 12.8 Å². The molecule has 3 aromatic rings. The van der Waals surface area contributed by atoms with Gasteiger partial charge in [0.1, 0.15) is 0 Å². The van der Waals surface area contributed by atoms with Crippen LogP contribution in [0.25, 0.3) is 10.9 Å². The number of aromatic nitrogens is 1. The molecule has 1 aromatic heterocycles. The summed E-state index contributed by atoms with van der Waals surface area (Å²) in [6.45, 7) is 6.45. The van der Waals surface area contributed by atoms with Gasteiger partial charge in [0.05, 0.1) is 0 Å². The lowest BCUT2D eigenvalue weighted by Gasteiger charge is -2.11. The van der Waals surface area contributed by atoms with Crippen LogP contribution in [0.15, 0.2) is 53.7 Å². The Hall–Kier alpha value is -3.28. The first-order valence-corrected chi connectivity index (χ1v) is 10.5. The van der Waals surface area contributed by atoms with Crippen molar-refractivity contribution < 1.29 is 4.79 Å². The minimum Gasteiger partial charge on any atom is -0.361 e. The van der Waals surface area contributed by atoms with Gasteiger partial charge in [-0.05, 0) is 55.5 Å². The zero-order valence-corrected chi connectivity index (χ0v) is 18.0. The average molecular weight is 406 g/mol. The number of para-hydroxylation sites is 1. The van der Waals surface area contributed by atoms with Crippen molar-refractivity contribution in [3.05, 3.63) is 70.9 Å². The van der Waals surface area contributed by atoms with Crippen molar-refractivity contribution >= 4 is 22.8 Å². The number of aliphatic imine (C=N–C) groups is 1. The summed E-state index contributed by atoms with van der Waals surface area (Å²) in [7, 11) is 1.65. The normalized spacial score (nSPS) is 11.5. The Bertz CT molecular complexity index is 1020. The van der Waals surface area contributed by atoms with E-state index < -0.39 is 0 Å². The van der Waals surface area contributed by atoms with E-state index in [-0.39, 0.29) is 5.91 Å². The third-order valence-electron chi connectivity index (χ3n) is 5.13. The first kappa shape index (κ1) is 21.4. The minimum atomic E-state index is -0.0628. The van der Waals surface area contributed by atoms with Crippen molar-refractivity contribution in [2.24, 2.45) is 4.99 Å². The van der Waals surface area contributed by atoms with Gasteiger partial charge in [0.15, 0.2) is 5.96 Å². The molecule has 0 saturated heterocycles. The maximum Gasteiger partial charge on any atom is 0.251 e. The molecule has 6 nitrogen and oxygen atoms in total. The highest BCUT2D eigenvalue weighted by molar-refractivity contribution is 5.94. The fraction of sp³-hybridized carbons (Fsp3) is 0.333. The van der Waals surface area contributed by atoms with E-state index in [2.05, 4.69) is 59.2 Å². The lowest BCUT2D eigenvalue weighted by atomic mass is 10.1. The molecule has 2 aromatic carbocycles. The average Bonchev–Trinajstić information content (AvgIpc) is 3.18. The Balaban J connectivity index is 1.55. The van der Waals surface area contributed by atoms with E-state index in [1.165, 1.54) is 22.0 Å². The van der Waals surface area contributed by atoms with Crippen LogP contribution in [0.2, 0.25) is 0 Å². The molecule has 6 heteroatoms. The van der Waals surface area contributed by atoms with Crippen LogP contribution in [0.3, 0.4) is 0 Å². The predicted octanol–water partition coefficient (Wildman–Crippen LogP) is 3.18. The molecule has 0 aliphatic carbocycles. The molecule has 0 unspecified atom stereocenters. The van der Waals surface area contributed by atoms with Gasteiger partial charge < -0.3 is 20.9 Å². The van der Waals surface area contributed by atoms with E-state index in [4.69, 9.17) is 4.99 Å². The molecule has 1 heterocycles. The molecule has 0 saturated carbocycles.